The first-order valence-electron chi connectivity index (χ1n) is 16.8. The van der Waals surface area contributed by atoms with Gasteiger partial charge in [0.1, 0.15) is 0 Å². The highest BCUT2D eigenvalue weighted by molar-refractivity contribution is 6.19. The largest absolute Gasteiger partial charge is 0.309 e. The van der Waals surface area contributed by atoms with E-state index in [2.05, 4.69) is 124 Å². The summed E-state index contributed by atoms with van der Waals surface area (Å²) < 4.78 is 4.76. The van der Waals surface area contributed by atoms with E-state index in [-0.39, 0.29) is 0 Å². The van der Waals surface area contributed by atoms with E-state index in [9.17, 15) is 0 Å². The lowest BCUT2D eigenvalue weighted by atomic mass is 10.1. The predicted molar refractivity (Wildman–Crippen MR) is 205 cm³/mol. The van der Waals surface area contributed by atoms with Crippen molar-refractivity contribution in [2.75, 3.05) is 0 Å². The van der Waals surface area contributed by atoms with Crippen LogP contribution in [0.5, 0.6) is 0 Å². The molecule has 5 heteroatoms. The fraction of sp³-hybridized carbons (Fsp3) is 0. The monoisotopic (exact) mass is 639 g/mol. The quantitative estimate of drug-likeness (QED) is 0.188. The first-order valence-corrected chi connectivity index (χ1v) is 16.8. The lowest BCUT2D eigenvalue weighted by molar-refractivity contribution is 1.06. The van der Waals surface area contributed by atoms with Gasteiger partial charge in [0.2, 0.25) is 0 Å². The Kier molecular flexibility index (Phi) is 6.42. The zero-order valence-electron chi connectivity index (χ0n) is 27.0. The molecule has 50 heavy (non-hydrogen) atoms. The van der Waals surface area contributed by atoms with Crippen molar-refractivity contribution in [2.24, 2.45) is 0 Å². The standard InChI is InChI=1S/C45H29N5/c1-4-16-30(17-5-1)43-46-44(31-18-6-2-7-19-31)48-45(47-43)35-24-12-15-27-40(35)50-39-26-14-11-23-34(39)37-28-41-36(29-42(37)50)33-22-10-13-25-38(33)49(41)32-20-8-3-9-21-32/h1-29H. The summed E-state index contributed by atoms with van der Waals surface area (Å²) in [6, 6.07) is 61.4. The van der Waals surface area contributed by atoms with Crippen LogP contribution in [0.15, 0.2) is 176 Å². The van der Waals surface area contributed by atoms with Crippen LogP contribution in [0.1, 0.15) is 0 Å². The average molecular weight is 640 g/mol. The van der Waals surface area contributed by atoms with Crippen LogP contribution >= 0.6 is 0 Å². The zero-order chi connectivity index (χ0) is 33.0. The number of hydrogen-bond donors (Lipinski definition) is 0. The first kappa shape index (κ1) is 28.2. The van der Waals surface area contributed by atoms with Crippen LogP contribution in [-0.2, 0) is 0 Å². The van der Waals surface area contributed by atoms with Gasteiger partial charge in [-0.05, 0) is 48.5 Å². The molecule has 0 saturated heterocycles. The Morgan fingerprint density at radius 2 is 0.760 bits per heavy atom. The van der Waals surface area contributed by atoms with Crippen LogP contribution in [-0.4, -0.2) is 24.1 Å². The molecule has 5 nitrogen and oxygen atoms in total. The smallest absolute Gasteiger partial charge is 0.166 e. The summed E-state index contributed by atoms with van der Waals surface area (Å²) in [6.45, 7) is 0. The number of rotatable bonds is 5. The number of para-hydroxylation sites is 4. The molecule has 0 aliphatic heterocycles. The SMILES string of the molecule is c1ccc(-c2nc(-c3ccccc3)nc(-c3ccccc3-n3c4ccccc4c4cc5c(cc43)c3ccccc3n5-c3ccccc3)n2)cc1. The molecule has 0 spiro atoms. The van der Waals surface area contributed by atoms with E-state index in [4.69, 9.17) is 15.0 Å². The van der Waals surface area contributed by atoms with Crippen LogP contribution in [0.4, 0.5) is 0 Å². The Bertz CT molecular complexity index is 2800. The third kappa shape index (κ3) is 4.45. The van der Waals surface area contributed by atoms with Gasteiger partial charge in [0.15, 0.2) is 17.5 Å². The minimum atomic E-state index is 0.626. The van der Waals surface area contributed by atoms with Gasteiger partial charge in [0.25, 0.3) is 0 Å². The summed E-state index contributed by atoms with van der Waals surface area (Å²) in [5.74, 6) is 1.91. The van der Waals surface area contributed by atoms with Gasteiger partial charge in [-0.3, -0.25) is 0 Å². The third-order valence-electron chi connectivity index (χ3n) is 9.57. The van der Waals surface area contributed by atoms with Gasteiger partial charge in [-0.15, -0.1) is 0 Å². The molecule has 0 N–H and O–H groups in total. The van der Waals surface area contributed by atoms with E-state index < -0.39 is 0 Å². The zero-order valence-corrected chi connectivity index (χ0v) is 27.0. The van der Waals surface area contributed by atoms with Gasteiger partial charge in [0, 0.05) is 43.9 Å². The second kappa shape index (κ2) is 11.4. The number of benzene rings is 7. The Balaban J connectivity index is 1.27. The van der Waals surface area contributed by atoms with Gasteiger partial charge in [-0.1, -0.05) is 127 Å². The van der Waals surface area contributed by atoms with Crippen molar-refractivity contribution in [3.05, 3.63) is 176 Å². The van der Waals surface area contributed by atoms with E-state index in [1.165, 1.54) is 32.6 Å². The molecule has 10 aromatic rings. The highest BCUT2D eigenvalue weighted by Gasteiger charge is 2.21. The molecule has 0 aliphatic carbocycles. The van der Waals surface area contributed by atoms with E-state index >= 15 is 0 Å². The number of fused-ring (bicyclic) bond motifs is 6. The van der Waals surface area contributed by atoms with E-state index in [0.717, 1.165) is 39.1 Å². The van der Waals surface area contributed by atoms with E-state index in [1.54, 1.807) is 0 Å². The fourth-order valence-corrected chi connectivity index (χ4v) is 7.33. The fourth-order valence-electron chi connectivity index (χ4n) is 7.33. The second-order valence-electron chi connectivity index (χ2n) is 12.5. The van der Waals surface area contributed by atoms with Crippen molar-refractivity contribution in [2.45, 2.75) is 0 Å². The van der Waals surface area contributed by atoms with Crippen LogP contribution in [0.25, 0.3) is 89.2 Å². The van der Waals surface area contributed by atoms with Crippen LogP contribution in [0, 0.1) is 0 Å². The number of aromatic nitrogens is 5. The Labute approximate surface area is 288 Å². The first-order chi connectivity index (χ1) is 24.8. The molecule has 0 bridgehead atoms. The van der Waals surface area contributed by atoms with Crippen molar-refractivity contribution >= 4 is 43.6 Å². The van der Waals surface area contributed by atoms with E-state index in [1.807, 2.05) is 60.7 Å². The summed E-state index contributed by atoms with van der Waals surface area (Å²) in [5.41, 5.74) is 9.59. The molecule has 0 radical (unpaired) electrons. The maximum Gasteiger partial charge on any atom is 0.166 e. The van der Waals surface area contributed by atoms with Crippen molar-refractivity contribution in [1.29, 1.82) is 0 Å². The topological polar surface area (TPSA) is 48.5 Å². The minimum Gasteiger partial charge on any atom is -0.309 e. The molecule has 0 aliphatic rings. The maximum atomic E-state index is 5.12. The summed E-state index contributed by atoms with van der Waals surface area (Å²) in [4.78, 5) is 15.2. The van der Waals surface area contributed by atoms with Gasteiger partial charge < -0.3 is 9.13 Å². The van der Waals surface area contributed by atoms with E-state index in [0.29, 0.717) is 17.5 Å². The molecule has 0 atom stereocenters. The highest BCUT2D eigenvalue weighted by Crippen LogP contribution is 2.41. The van der Waals surface area contributed by atoms with Crippen LogP contribution in [0.3, 0.4) is 0 Å². The summed E-state index contributed by atoms with van der Waals surface area (Å²) in [6.07, 6.45) is 0. The molecule has 234 valence electrons. The van der Waals surface area contributed by atoms with Crippen LogP contribution < -0.4 is 0 Å². The summed E-state index contributed by atoms with van der Waals surface area (Å²) >= 11 is 0. The number of hydrogen-bond acceptors (Lipinski definition) is 3. The molecule has 3 aromatic heterocycles. The average Bonchev–Trinajstić information content (AvgIpc) is 3.70. The van der Waals surface area contributed by atoms with Gasteiger partial charge >= 0.3 is 0 Å². The molecule has 10 rings (SSSR count). The normalized spacial score (nSPS) is 11.6. The molecule has 7 aromatic carbocycles. The van der Waals surface area contributed by atoms with Gasteiger partial charge in [-0.2, -0.15) is 0 Å². The van der Waals surface area contributed by atoms with Crippen molar-refractivity contribution in [3.63, 3.8) is 0 Å². The highest BCUT2D eigenvalue weighted by atomic mass is 15.1. The summed E-state index contributed by atoms with van der Waals surface area (Å²) in [5, 5.41) is 4.80. The number of nitrogens with zero attached hydrogens (tertiary/aromatic N) is 5. The Morgan fingerprint density at radius 1 is 0.320 bits per heavy atom. The second-order valence-corrected chi connectivity index (χ2v) is 12.5. The van der Waals surface area contributed by atoms with Crippen molar-refractivity contribution in [3.8, 4) is 45.5 Å². The molecule has 0 unspecified atom stereocenters. The van der Waals surface area contributed by atoms with Crippen molar-refractivity contribution < 1.29 is 0 Å². The maximum absolute atomic E-state index is 5.12. The predicted octanol–water partition coefficient (Wildman–Crippen LogP) is 11.1. The molecular weight excluding hydrogens is 611 g/mol. The molecule has 0 saturated carbocycles. The lowest BCUT2D eigenvalue weighted by Crippen LogP contribution is -2.03. The third-order valence-corrected chi connectivity index (χ3v) is 9.57. The molecule has 0 amide bonds. The molecule has 3 heterocycles. The molecule has 0 fully saturated rings. The Hall–Kier alpha value is -6.85. The molecular formula is C45H29N5. The van der Waals surface area contributed by atoms with Gasteiger partial charge in [-0.25, -0.2) is 15.0 Å². The van der Waals surface area contributed by atoms with Crippen molar-refractivity contribution in [1.82, 2.24) is 24.1 Å². The minimum absolute atomic E-state index is 0.626. The van der Waals surface area contributed by atoms with Gasteiger partial charge in [0.05, 0.1) is 27.8 Å². The Morgan fingerprint density at radius 3 is 1.36 bits per heavy atom. The summed E-state index contributed by atoms with van der Waals surface area (Å²) in [7, 11) is 0. The van der Waals surface area contributed by atoms with Crippen LogP contribution in [0.2, 0.25) is 0 Å². The lowest BCUT2D eigenvalue weighted by Gasteiger charge is -2.14.